The number of hydrogen-bond acceptors (Lipinski definition) is 5. The molecule has 1 heterocycles. The Morgan fingerprint density at radius 1 is 1.22 bits per heavy atom. The van der Waals surface area contributed by atoms with E-state index >= 15 is 0 Å². The summed E-state index contributed by atoms with van der Waals surface area (Å²) in [5.41, 5.74) is 1.59. The van der Waals surface area contributed by atoms with Crippen molar-refractivity contribution in [1.29, 1.82) is 0 Å². The lowest BCUT2D eigenvalue weighted by atomic mass is 10.0. The Morgan fingerprint density at radius 2 is 1.96 bits per heavy atom. The summed E-state index contributed by atoms with van der Waals surface area (Å²) in [6.07, 6.45) is -0.922. The number of nitrogens with one attached hydrogen (secondary N) is 1. The zero-order valence-electron chi connectivity index (χ0n) is 15.2. The molecule has 0 unspecified atom stereocenters. The second kappa shape index (κ2) is 8.05. The Morgan fingerprint density at radius 3 is 2.67 bits per heavy atom. The highest BCUT2D eigenvalue weighted by atomic mass is 16.5. The Balaban J connectivity index is 1.74. The molecule has 0 saturated carbocycles. The summed E-state index contributed by atoms with van der Waals surface area (Å²) < 4.78 is 10.5. The number of hydrogen-bond donors (Lipinski definition) is 2. The molecule has 2 N–H and O–H groups in total. The molecule has 6 heteroatoms. The van der Waals surface area contributed by atoms with E-state index in [2.05, 4.69) is 5.32 Å². The summed E-state index contributed by atoms with van der Waals surface area (Å²) in [5, 5.41) is 13.5. The monoisotopic (exact) mass is 367 g/mol. The number of carbonyl (C=O) groups excluding carboxylic acids is 1. The van der Waals surface area contributed by atoms with Gasteiger partial charge >= 0.3 is 5.63 Å². The van der Waals surface area contributed by atoms with Crippen LogP contribution in [0.2, 0.25) is 0 Å². The van der Waals surface area contributed by atoms with Gasteiger partial charge in [-0.3, -0.25) is 4.79 Å². The Kier molecular flexibility index (Phi) is 5.57. The van der Waals surface area contributed by atoms with Crippen LogP contribution in [0.1, 0.15) is 22.8 Å². The van der Waals surface area contributed by atoms with Crippen LogP contribution >= 0.6 is 0 Å². The normalized spacial score (nSPS) is 12.0. The number of benzene rings is 2. The maximum Gasteiger partial charge on any atom is 0.340 e. The van der Waals surface area contributed by atoms with Gasteiger partial charge in [-0.25, -0.2) is 4.79 Å². The first-order valence-corrected chi connectivity index (χ1v) is 8.59. The SMILES string of the molecule is COc1ccc2c(C)c(CC(=O)NC[C@H](O)c3ccccc3)c(=O)oc2c1. The quantitative estimate of drug-likeness (QED) is 0.654. The van der Waals surface area contributed by atoms with Crippen LogP contribution in [0.3, 0.4) is 0 Å². The van der Waals surface area contributed by atoms with Crippen molar-refractivity contribution in [3.8, 4) is 5.75 Å². The zero-order valence-corrected chi connectivity index (χ0v) is 15.2. The molecule has 0 fully saturated rings. The fourth-order valence-electron chi connectivity index (χ4n) is 2.93. The van der Waals surface area contributed by atoms with Gasteiger partial charge in [0.25, 0.3) is 0 Å². The summed E-state index contributed by atoms with van der Waals surface area (Å²) in [6, 6.07) is 14.3. The molecule has 0 spiro atoms. The zero-order chi connectivity index (χ0) is 19.4. The average Bonchev–Trinajstić information content (AvgIpc) is 2.69. The van der Waals surface area contributed by atoms with Crippen molar-refractivity contribution >= 4 is 16.9 Å². The molecule has 140 valence electrons. The van der Waals surface area contributed by atoms with Gasteiger partial charge in [-0.1, -0.05) is 30.3 Å². The molecule has 0 aliphatic heterocycles. The number of aliphatic hydroxyl groups excluding tert-OH is 1. The van der Waals surface area contributed by atoms with Gasteiger partial charge in [-0.2, -0.15) is 0 Å². The minimum absolute atomic E-state index is 0.0675. The number of aryl methyl sites for hydroxylation is 1. The van der Waals surface area contributed by atoms with E-state index in [1.54, 1.807) is 37.3 Å². The van der Waals surface area contributed by atoms with Crippen molar-refractivity contribution < 1.29 is 19.1 Å². The van der Waals surface area contributed by atoms with E-state index < -0.39 is 11.7 Å². The molecule has 1 atom stereocenters. The van der Waals surface area contributed by atoms with Gasteiger partial charge in [0.15, 0.2) is 0 Å². The van der Waals surface area contributed by atoms with Crippen LogP contribution in [0.25, 0.3) is 11.0 Å². The second-order valence-electron chi connectivity index (χ2n) is 6.26. The molecule has 27 heavy (non-hydrogen) atoms. The maximum absolute atomic E-state index is 12.3. The number of rotatable bonds is 6. The molecule has 6 nitrogen and oxygen atoms in total. The number of amides is 1. The van der Waals surface area contributed by atoms with Gasteiger partial charge in [0.05, 0.1) is 25.2 Å². The Hall–Kier alpha value is -3.12. The summed E-state index contributed by atoms with van der Waals surface area (Å²) in [4.78, 5) is 24.6. The minimum Gasteiger partial charge on any atom is -0.497 e. The van der Waals surface area contributed by atoms with E-state index in [9.17, 15) is 14.7 Å². The summed E-state index contributed by atoms with van der Waals surface area (Å²) in [6.45, 7) is 1.85. The van der Waals surface area contributed by atoms with Crippen molar-refractivity contribution in [3.05, 3.63) is 75.6 Å². The Bertz CT molecular complexity index is 1010. The maximum atomic E-state index is 12.3. The Labute approximate surface area is 156 Å². The first-order chi connectivity index (χ1) is 13.0. The minimum atomic E-state index is -0.809. The predicted octanol–water partition coefficient (Wildman–Crippen LogP) is 2.50. The van der Waals surface area contributed by atoms with E-state index in [4.69, 9.17) is 9.15 Å². The molecule has 0 bridgehead atoms. The average molecular weight is 367 g/mol. The van der Waals surface area contributed by atoms with E-state index in [0.717, 1.165) is 5.39 Å². The second-order valence-corrected chi connectivity index (χ2v) is 6.26. The van der Waals surface area contributed by atoms with E-state index in [1.807, 2.05) is 18.2 Å². The van der Waals surface area contributed by atoms with Crippen LogP contribution in [0.15, 0.2) is 57.7 Å². The van der Waals surface area contributed by atoms with Crippen molar-refractivity contribution in [2.75, 3.05) is 13.7 Å². The van der Waals surface area contributed by atoms with E-state index in [1.165, 1.54) is 7.11 Å². The molecular weight excluding hydrogens is 346 g/mol. The summed E-state index contributed by atoms with van der Waals surface area (Å²) in [7, 11) is 1.54. The number of carbonyl (C=O) groups is 1. The van der Waals surface area contributed by atoms with Crippen LogP contribution in [0, 0.1) is 6.92 Å². The van der Waals surface area contributed by atoms with Crippen LogP contribution in [0.5, 0.6) is 5.75 Å². The lowest BCUT2D eigenvalue weighted by Gasteiger charge is -2.13. The topological polar surface area (TPSA) is 88.8 Å². The third-order valence-corrected chi connectivity index (χ3v) is 4.51. The molecule has 1 amide bonds. The first-order valence-electron chi connectivity index (χ1n) is 8.59. The molecule has 2 aromatic carbocycles. The van der Waals surface area contributed by atoms with Crippen LogP contribution in [-0.2, 0) is 11.2 Å². The van der Waals surface area contributed by atoms with E-state index in [-0.39, 0.29) is 18.9 Å². The summed E-state index contributed by atoms with van der Waals surface area (Å²) in [5.74, 6) is 0.235. The fraction of sp³-hybridized carbons (Fsp3) is 0.238. The highest BCUT2D eigenvalue weighted by Crippen LogP contribution is 2.24. The number of ether oxygens (including phenoxy) is 1. The van der Waals surface area contributed by atoms with Gasteiger partial charge < -0.3 is 19.6 Å². The lowest BCUT2D eigenvalue weighted by molar-refractivity contribution is -0.120. The third kappa shape index (κ3) is 4.17. The molecule has 1 aromatic heterocycles. The van der Waals surface area contributed by atoms with Crippen LogP contribution in [-0.4, -0.2) is 24.7 Å². The first kappa shape index (κ1) is 18.7. The predicted molar refractivity (Wildman–Crippen MR) is 102 cm³/mol. The largest absolute Gasteiger partial charge is 0.497 e. The molecule has 3 rings (SSSR count). The number of aliphatic hydroxyl groups is 1. The molecular formula is C21H21NO5. The molecule has 0 radical (unpaired) electrons. The van der Waals surface area contributed by atoms with Gasteiger partial charge in [0.1, 0.15) is 11.3 Å². The van der Waals surface area contributed by atoms with Crippen LogP contribution < -0.4 is 15.7 Å². The molecule has 0 aliphatic carbocycles. The van der Waals surface area contributed by atoms with E-state index in [0.29, 0.717) is 28.0 Å². The fourth-order valence-corrected chi connectivity index (χ4v) is 2.93. The highest BCUT2D eigenvalue weighted by molar-refractivity contribution is 5.85. The molecule has 0 saturated heterocycles. The molecule has 3 aromatic rings. The van der Waals surface area contributed by atoms with Gasteiger partial charge in [-0.05, 0) is 30.2 Å². The number of fused-ring (bicyclic) bond motifs is 1. The lowest BCUT2D eigenvalue weighted by Crippen LogP contribution is -2.31. The van der Waals surface area contributed by atoms with Gasteiger partial charge in [0, 0.05) is 18.0 Å². The standard InChI is InChI=1S/C21H21NO5/c1-13-16-9-8-15(26-2)10-19(16)27-21(25)17(13)11-20(24)22-12-18(23)14-6-4-3-5-7-14/h3-10,18,23H,11-12H2,1-2H3,(H,22,24)/t18-/m0/s1. The van der Waals surface area contributed by atoms with Crippen molar-refractivity contribution in [2.24, 2.45) is 0 Å². The molecule has 0 aliphatic rings. The smallest absolute Gasteiger partial charge is 0.340 e. The van der Waals surface area contributed by atoms with Gasteiger partial charge in [-0.15, -0.1) is 0 Å². The van der Waals surface area contributed by atoms with Gasteiger partial charge in [0.2, 0.25) is 5.91 Å². The highest BCUT2D eigenvalue weighted by Gasteiger charge is 2.16. The van der Waals surface area contributed by atoms with Crippen molar-refractivity contribution in [1.82, 2.24) is 5.32 Å². The van der Waals surface area contributed by atoms with Crippen LogP contribution in [0.4, 0.5) is 0 Å². The van der Waals surface area contributed by atoms with Crippen molar-refractivity contribution in [3.63, 3.8) is 0 Å². The number of methoxy groups -OCH3 is 1. The van der Waals surface area contributed by atoms with Crippen molar-refractivity contribution in [2.45, 2.75) is 19.4 Å². The third-order valence-electron chi connectivity index (χ3n) is 4.51. The summed E-state index contributed by atoms with van der Waals surface area (Å²) >= 11 is 0.